The second kappa shape index (κ2) is 5.76. The topological polar surface area (TPSA) is 76.0 Å². The van der Waals surface area contributed by atoms with Crippen LogP contribution in [0.5, 0.6) is 5.75 Å². The molecular weight excluding hydrogens is 313 g/mol. The van der Waals surface area contributed by atoms with Crippen LogP contribution in [0.25, 0.3) is 0 Å². The van der Waals surface area contributed by atoms with Gasteiger partial charge in [0.05, 0.1) is 10.0 Å². The van der Waals surface area contributed by atoms with Crippen molar-refractivity contribution in [3.63, 3.8) is 0 Å². The summed E-state index contributed by atoms with van der Waals surface area (Å²) in [5, 5.41) is 0.377. The quantitative estimate of drug-likeness (QED) is 0.504. The number of halogens is 3. The van der Waals surface area contributed by atoms with Gasteiger partial charge in [0.1, 0.15) is 10.8 Å². The average molecular weight is 321 g/mol. The van der Waals surface area contributed by atoms with Crippen LogP contribution in [0, 0.1) is 0 Å². The number of hydrogen-bond donors (Lipinski definition) is 2. The van der Waals surface area contributed by atoms with Crippen molar-refractivity contribution < 1.29 is 23.6 Å². The van der Waals surface area contributed by atoms with E-state index in [0.29, 0.717) is 0 Å². The molecule has 5 nitrogen and oxygen atoms in total. The zero-order valence-electron chi connectivity index (χ0n) is 8.43. The monoisotopic (exact) mass is 320 g/mol. The Hall–Kier alpha value is -0.0000000000000000971. The lowest BCUT2D eigenvalue weighted by Crippen LogP contribution is -2.14. The van der Waals surface area contributed by atoms with Crippen molar-refractivity contribution in [3.05, 3.63) is 27.2 Å². The van der Waals surface area contributed by atoms with E-state index in [0.717, 1.165) is 0 Å². The first kappa shape index (κ1) is 15.1. The molecule has 0 spiro atoms. The number of phosphoric ester groups is 1. The van der Waals surface area contributed by atoms with E-state index in [1.165, 1.54) is 19.1 Å². The fourth-order valence-electron chi connectivity index (χ4n) is 0.993. The maximum atomic E-state index is 10.5. The Morgan fingerprint density at radius 2 is 1.82 bits per heavy atom. The van der Waals surface area contributed by atoms with Crippen molar-refractivity contribution in [3.8, 4) is 5.75 Å². The third-order valence-corrected chi connectivity index (χ3v) is 3.43. The van der Waals surface area contributed by atoms with Crippen LogP contribution in [0.15, 0.2) is 12.1 Å². The van der Waals surface area contributed by atoms with Crippen molar-refractivity contribution >= 4 is 42.6 Å². The molecule has 0 saturated carbocycles. The van der Waals surface area contributed by atoms with Crippen LogP contribution in [0.2, 0.25) is 15.1 Å². The summed E-state index contributed by atoms with van der Waals surface area (Å²) < 4.78 is 19.9. The molecule has 1 aromatic carbocycles. The molecular formula is C8H8Cl3O5P. The molecule has 0 aromatic heterocycles. The SMILES string of the molecule is CC(Oc1ccc(Cl)c(Cl)c1Cl)OP(=O)(O)O. The maximum absolute atomic E-state index is 10.5. The summed E-state index contributed by atoms with van der Waals surface area (Å²) in [5.41, 5.74) is 0. The van der Waals surface area contributed by atoms with Gasteiger partial charge in [0.2, 0.25) is 6.29 Å². The lowest BCUT2D eigenvalue weighted by Gasteiger charge is -2.17. The highest BCUT2D eigenvalue weighted by molar-refractivity contribution is 7.46. The summed E-state index contributed by atoms with van der Waals surface area (Å²) in [6.07, 6.45) is -1.19. The predicted molar refractivity (Wildman–Crippen MR) is 64.7 cm³/mol. The Morgan fingerprint density at radius 1 is 1.24 bits per heavy atom. The lowest BCUT2D eigenvalue weighted by atomic mass is 10.3. The van der Waals surface area contributed by atoms with Crippen LogP contribution in [-0.4, -0.2) is 16.1 Å². The molecule has 1 unspecified atom stereocenters. The minimum Gasteiger partial charge on any atom is -0.463 e. The summed E-state index contributed by atoms with van der Waals surface area (Å²) in [7, 11) is -4.62. The van der Waals surface area contributed by atoms with Crippen LogP contribution >= 0.6 is 42.6 Å². The van der Waals surface area contributed by atoms with E-state index in [1.54, 1.807) is 0 Å². The molecule has 0 amide bonds. The Kier molecular flexibility index (Phi) is 5.10. The van der Waals surface area contributed by atoms with Crippen LogP contribution in [0.3, 0.4) is 0 Å². The Labute approximate surface area is 112 Å². The van der Waals surface area contributed by atoms with E-state index in [2.05, 4.69) is 4.52 Å². The van der Waals surface area contributed by atoms with Gasteiger partial charge in [0, 0.05) is 0 Å². The summed E-state index contributed by atoms with van der Waals surface area (Å²) in [4.78, 5) is 17.1. The van der Waals surface area contributed by atoms with E-state index in [9.17, 15) is 4.57 Å². The largest absolute Gasteiger partial charge is 0.472 e. The smallest absolute Gasteiger partial charge is 0.463 e. The third-order valence-electron chi connectivity index (χ3n) is 1.58. The van der Waals surface area contributed by atoms with Crippen LogP contribution in [0.1, 0.15) is 6.92 Å². The summed E-state index contributed by atoms with van der Waals surface area (Å²) >= 11 is 17.3. The van der Waals surface area contributed by atoms with Gasteiger partial charge in [-0.2, -0.15) is 0 Å². The second-order valence-corrected chi connectivity index (χ2v) is 5.31. The fourth-order valence-corrected chi connectivity index (χ4v) is 1.99. The normalized spacial score (nSPS) is 13.5. The number of hydrogen-bond acceptors (Lipinski definition) is 3. The zero-order valence-corrected chi connectivity index (χ0v) is 11.6. The van der Waals surface area contributed by atoms with Gasteiger partial charge in [-0.15, -0.1) is 0 Å². The molecule has 9 heteroatoms. The summed E-state index contributed by atoms with van der Waals surface area (Å²) in [5.74, 6) is 0.113. The van der Waals surface area contributed by atoms with Crippen LogP contribution < -0.4 is 4.74 Å². The minimum atomic E-state index is -4.62. The predicted octanol–water partition coefficient (Wildman–Crippen LogP) is 3.48. The first-order chi connectivity index (χ1) is 7.70. The van der Waals surface area contributed by atoms with Crippen molar-refractivity contribution in [2.45, 2.75) is 13.2 Å². The van der Waals surface area contributed by atoms with E-state index in [4.69, 9.17) is 49.3 Å². The van der Waals surface area contributed by atoms with Crippen molar-refractivity contribution in [2.75, 3.05) is 0 Å². The molecule has 0 aliphatic carbocycles. The molecule has 0 radical (unpaired) electrons. The van der Waals surface area contributed by atoms with Gasteiger partial charge in [-0.05, 0) is 19.1 Å². The van der Waals surface area contributed by atoms with Gasteiger partial charge in [-0.1, -0.05) is 34.8 Å². The summed E-state index contributed by atoms with van der Waals surface area (Å²) in [6.45, 7) is 1.30. The number of phosphoric acid groups is 1. The van der Waals surface area contributed by atoms with E-state index < -0.39 is 14.1 Å². The molecule has 0 bridgehead atoms. The molecule has 0 heterocycles. The third kappa shape index (κ3) is 4.64. The highest BCUT2D eigenvalue weighted by Gasteiger charge is 2.21. The molecule has 17 heavy (non-hydrogen) atoms. The first-order valence-corrected chi connectivity index (χ1v) is 6.91. The van der Waals surface area contributed by atoms with Gasteiger partial charge in [0.25, 0.3) is 0 Å². The Balaban J connectivity index is 2.83. The number of ether oxygens (including phenoxy) is 1. The zero-order chi connectivity index (χ0) is 13.2. The molecule has 2 N–H and O–H groups in total. The molecule has 0 saturated heterocycles. The van der Waals surface area contributed by atoms with Crippen molar-refractivity contribution in [1.29, 1.82) is 0 Å². The van der Waals surface area contributed by atoms with E-state index >= 15 is 0 Å². The molecule has 0 aliphatic rings. The molecule has 96 valence electrons. The summed E-state index contributed by atoms with van der Waals surface area (Å²) in [6, 6.07) is 2.85. The van der Waals surface area contributed by atoms with Crippen molar-refractivity contribution in [1.82, 2.24) is 0 Å². The Bertz CT molecular complexity index is 461. The maximum Gasteiger partial charge on any atom is 0.472 e. The van der Waals surface area contributed by atoms with Crippen LogP contribution in [0.4, 0.5) is 0 Å². The van der Waals surface area contributed by atoms with E-state index in [-0.39, 0.29) is 20.8 Å². The van der Waals surface area contributed by atoms with Crippen molar-refractivity contribution in [2.24, 2.45) is 0 Å². The number of benzene rings is 1. The average Bonchev–Trinajstić information content (AvgIpc) is 2.16. The highest BCUT2D eigenvalue weighted by atomic mass is 35.5. The standard InChI is InChI=1S/C8H8Cl3O5P/c1-4(16-17(12,13)14)15-6-3-2-5(9)7(10)8(6)11/h2-4H,1H3,(H2,12,13,14). The molecule has 0 fully saturated rings. The van der Waals surface area contributed by atoms with Crippen LogP contribution in [-0.2, 0) is 9.09 Å². The minimum absolute atomic E-state index is 0.0420. The lowest BCUT2D eigenvalue weighted by molar-refractivity contribution is -0.000765. The Morgan fingerprint density at radius 3 is 2.35 bits per heavy atom. The highest BCUT2D eigenvalue weighted by Crippen LogP contribution is 2.40. The second-order valence-electron chi connectivity index (χ2n) is 2.95. The molecule has 1 atom stereocenters. The molecule has 1 aromatic rings. The van der Waals surface area contributed by atoms with Gasteiger partial charge in [0.15, 0.2) is 0 Å². The van der Waals surface area contributed by atoms with Gasteiger partial charge in [-0.25, -0.2) is 9.09 Å². The fraction of sp³-hybridized carbons (Fsp3) is 0.250. The van der Waals surface area contributed by atoms with Gasteiger partial charge in [-0.3, -0.25) is 0 Å². The number of rotatable bonds is 4. The first-order valence-electron chi connectivity index (χ1n) is 4.25. The van der Waals surface area contributed by atoms with Gasteiger partial charge >= 0.3 is 7.82 Å². The molecule has 0 aliphatic heterocycles. The molecule has 1 rings (SSSR count). The van der Waals surface area contributed by atoms with Gasteiger partial charge < -0.3 is 14.5 Å². The van der Waals surface area contributed by atoms with E-state index in [1.807, 2.05) is 0 Å².